The Morgan fingerprint density at radius 1 is 1.29 bits per heavy atom. The quantitative estimate of drug-likeness (QED) is 0.529. The molecule has 1 aliphatic rings. The molecule has 0 saturated carbocycles. The average Bonchev–Trinajstić information content (AvgIpc) is 2.63. The number of likely N-dealkylation sites (N-methyl/N-ethyl adjacent to an activating group) is 2. The first-order chi connectivity index (χ1) is 6.57. The number of nitrogens with one attached hydrogen (secondary N) is 1. The molecule has 0 aliphatic carbocycles. The lowest BCUT2D eigenvalue weighted by Gasteiger charge is -2.19. The third kappa shape index (κ3) is 2.05. The molecule has 0 aromatic heterocycles. The maximum absolute atomic E-state index is 11.5. The highest BCUT2D eigenvalue weighted by Crippen LogP contribution is 2.13. The molecular formula is C7H12BN2O4. The Hall–Kier alpha value is -1.08. The standard InChI is InChI=1S/C7H12BN2O4/c1-9-6(11)4-5(14-8-13-4)7(12)10(2)3/h4-5H,1-3H3,(H,9,11). The van der Waals surface area contributed by atoms with Crippen LogP contribution < -0.4 is 5.32 Å². The number of rotatable bonds is 2. The van der Waals surface area contributed by atoms with Crippen molar-refractivity contribution in [1.29, 1.82) is 0 Å². The fourth-order valence-electron chi connectivity index (χ4n) is 1.08. The van der Waals surface area contributed by atoms with E-state index in [-0.39, 0.29) is 11.8 Å². The number of carbonyl (C=O) groups is 2. The number of nitrogens with zero attached hydrogens (tertiary/aromatic N) is 1. The summed E-state index contributed by atoms with van der Waals surface area (Å²) in [7, 11) is 5.67. The summed E-state index contributed by atoms with van der Waals surface area (Å²) in [4.78, 5) is 24.1. The van der Waals surface area contributed by atoms with Gasteiger partial charge in [-0.15, -0.1) is 0 Å². The lowest BCUT2D eigenvalue weighted by Crippen LogP contribution is -2.46. The molecule has 1 saturated heterocycles. The predicted octanol–water partition coefficient (Wildman–Crippen LogP) is -1.86. The summed E-state index contributed by atoms with van der Waals surface area (Å²) in [5.74, 6) is -0.675. The first kappa shape index (κ1) is 11.0. The number of hydrogen-bond donors (Lipinski definition) is 1. The van der Waals surface area contributed by atoms with Crippen LogP contribution >= 0.6 is 0 Å². The van der Waals surface area contributed by atoms with Crippen molar-refractivity contribution in [2.24, 2.45) is 0 Å². The topological polar surface area (TPSA) is 67.9 Å². The zero-order valence-electron chi connectivity index (χ0n) is 8.31. The van der Waals surface area contributed by atoms with Crippen LogP contribution in [0.2, 0.25) is 0 Å². The molecule has 2 amide bonds. The van der Waals surface area contributed by atoms with E-state index >= 15 is 0 Å². The second-order valence-corrected chi connectivity index (χ2v) is 3.06. The van der Waals surface area contributed by atoms with Gasteiger partial charge < -0.3 is 19.5 Å². The maximum Gasteiger partial charge on any atom is 0.489 e. The van der Waals surface area contributed by atoms with Crippen LogP contribution in [0, 0.1) is 0 Å². The van der Waals surface area contributed by atoms with Crippen molar-refractivity contribution in [3.8, 4) is 0 Å². The van der Waals surface area contributed by atoms with E-state index < -0.39 is 12.2 Å². The molecule has 14 heavy (non-hydrogen) atoms. The zero-order valence-corrected chi connectivity index (χ0v) is 8.31. The van der Waals surface area contributed by atoms with Gasteiger partial charge in [-0.25, -0.2) is 0 Å². The Bertz CT molecular complexity index is 246. The average molecular weight is 199 g/mol. The van der Waals surface area contributed by atoms with Crippen molar-refractivity contribution in [1.82, 2.24) is 10.2 Å². The van der Waals surface area contributed by atoms with Crippen molar-refractivity contribution in [2.75, 3.05) is 21.1 Å². The Labute approximate surface area is 82.8 Å². The van der Waals surface area contributed by atoms with Gasteiger partial charge in [0, 0.05) is 21.1 Å². The van der Waals surface area contributed by atoms with Crippen molar-refractivity contribution in [2.45, 2.75) is 12.2 Å². The third-order valence-corrected chi connectivity index (χ3v) is 1.87. The molecule has 77 valence electrons. The van der Waals surface area contributed by atoms with Gasteiger partial charge in [0.05, 0.1) is 0 Å². The van der Waals surface area contributed by atoms with Gasteiger partial charge in [-0.1, -0.05) is 0 Å². The minimum Gasteiger partial charge on any atom is -0.399 e. The molecule has 1 heterocycles. The van der Waals surface area contributed by atoms with E-state index in [4.69, 9.17) is 9.31 Å². The van der Waals surface area contributed by atoms with Gasteiger partial charge in [0.1, 0.15) is 0 Å². The van der Waals surface area contributed by atoms with Gasteiger partial charge in [0.15, 0.2) is 12.2 Å². The molecule has 2 unspecified atom stereocenters. The summed E-state index contributed by atoms with van der Waals surface area (Å²) in [5, 5.41) is 2.40. The van der Waals surface area contributed by atoms with Gasteiger partial charge >= 0.3 is 7.69 Å². The largest absolute Gasteiger partial charge is 0.489 e. The third-order valence-electron chi connectivity index (χ3n) is 1.87. The van der Waals surface area contributed by atoms with E-state index in [1.165, 1.54) is 11.9 Å². The molecule has 0 bridgehead atoms. The molecule has 6 nitrogen and oxygen atoms in total. The highest BCUT2D eigenvalue weighted by atomic mass is 16.6. The Morgan fingerprint density at radius 2 is 1.86 bits per heavy atom. The lowest BCUT2D eigenvalue weighted by molar-refractivity contribution is -0.142. The summed E-state index contributed by atoms with van der Waals surface area (Å²) in [5.41, 5.74) is 0. The Morgan fingerprint density at radius 3 is 2.36 bits per heavy atom. The summed E-state index contributed by atoms with van der Waals surface area (Å²) < 4.78 is 9.80. The van der Waals surface area contributed by atoms with Crippen molar-refractivity contribution < 1.29 is 18.9 Å². The number of amides is 2. The summed E-state index contributed by atoms with van der Waals surface area (Å²) >= 11 is 0. The van der Waals surface area contributed by atoms with Gasteiger partial charge in [-0.3, -0.25) is 9.59 Å². The van der Waals surface area contributed by atoms with Crippen LogP contribution in [-0.2, 0) is 18.9 Å². The molecule has 2 atom stereocenters. The van der Waals surface area contributed by atoms with Crippen LogP contribution in [0.25, 0.3) is 0 Å². The van der Waals surface area contributed by atoms with Gasteiger partial charge in [0.2, 0.25) is 0 Å². The van der Waals surface area contributed by atoms with E-state index in [1.54, 1.807) is 14.1 Å². The molecule has 1 fully saturated rings. The van der Waals surface area contributed by atoms with Crippen LogP contribution in [0.5, 0.6) is 0 Å². The Balaban J connectivity index is 2.68. The smallest absolute Gasteiger partial charge is 0.399 e. The van der Waals surface area contributed by atoms with Crippen LogP contribution in [0.15, 0.2) is 0 Å². The summed E-state index contributed by atoms with van der Waals surface area (Å²) in [6.07, 6.45) is -1.78. The molecule has 1 aliphatic heterocycles. The molecule has 1 rings (SSSR count). The molecule has 1 N–H and O–H groups in total. The van der Waals surface area contributed by atoms with Gasteiger partial charge in [0.25, 0.3) is 11.8 Å². The van der Waals surface area contributed by atoms with E-state index in [2.05, 4.69) is 5.32 Å². The first-order valence-corrected chi connectivity index (χ1v) is 4.13. The molecule has 7 heteroatoms. The van der Waals surface area contributed by atoms with E-state index in [0.29, 0.717) is 0 Å². The zero-order chi connectivity index (χ0) is 10.7. The number of hydrogen-bond acceptors (Lipinski definition) is 4. The molecule has 1 radical (unpaired) electrons. The van der Waals surface area contributed by atoms with Gasteiger partial charge in [-0.05, 0) is 0 Å². The summed E-state index contributed by atoms with van der Waals surface area (Å²) in [6, 6.07) is 0. The highest BCUT2D eigenvalue weighted by molar-refractivity contribution is 6.21. The van der Waals surface area contributed by atoms with Gasteiger partial charge in [-0.2, -0.15) is 0 Å². The normalized spacial score (nSPS) is 25.4. The first-order valence-electron chi connectivity index (χ1n) is 4.13. The minimum atomic E-state index is -0.894. The van der Waals surface area contributed by atoms with Crippen molar-refractivity contribution in [3.63, 3.8) is 0 Å². The molecule has 0 spiro atoms. The Kier molecular flexibility index (Phi) is 3.48. The SMILES string of the molecule is CNC(=O)C1O[B]OC1C(=O)N(C)C. The van der Waals surface area contributed by atoms with E-state index in [1.807, 2.05) is 0 Å². The second kappa shape index (κ2) is 4.43. The van der Waals surface area contributed by atoms with Crippen LogP contribution in [-0.4, -0.2) is 57.8 Å². The fourth-order valence-corrected chi connectivity index (χ4v) is 1.08. The van der Waals surface area contributed by atoms with E-state index in [0.717, 1.165) is 7.69 Å². The van der Waals surface area contributed by atoms with Crippen LogP contribution in [0.3, 0.4) is 0 Å². The summed E-state index contributed by atoms with van der Waals surface area (Å²) in [6.45, 7) is 0. The minimum absolute atomic E-state index is 0.299. The van der Waals surface area contributed by atoms with Crippen LogP contribution in [0.4, 0.5) is 0 Å². The van der Waals surface area contributed by atoms with Crippen molar-refractivity contribution >= 4 is 19.5 Å². The van der Waals surface area contributed by atoms with Crippen LogP contribution in [0.1, 0.15) is 0 Å². The van der Waals surface area contributed by atoms with Crippen molar-refractivity contribution in [3.05, 3.63) is 0 Å². The predicted molar refractivity (Wildman–Crippen MR) is 48.3 cm³/mol. The molecular weight excluding hydrogens is 187 g/mol. The maximum atomic E-state index is 11.5. The monoisotopic (exact) mass is 199 g/mol. The number of carbonyl (C=O) groups excluding carboxylic acids is 2. The molecule has 0 aromatic rings. The highest BCUT2D eigenvalue weighted by Gasteiger charge is 2.41. The fraction of sp³-hybridized carbons (Fsp3) is 0.714. The van der Waals surface area contributed by atoms with E-state index in [9.17, 15) is 9.59 Å². The lowest BCUT2D eigenvalue weighted by atomic mass is 10.1. The second-order valence-electron chi connectivity index (χ2n) is 3.06. The molecule has 0 aromatic carbocycles.